The number of ether oxygens (including phenoxy) is 2. The zero-order valence-electron chi connectivity index (χ0n) is 18.3. The number of aryl methyl sites for hydroxylation is 1. The molecule has 0 spiro atoms. The molecule has 2 aromatic rings. The second-order valence-electron chi connectivity index (χ2n) is 9.76. The highest BCUT2D eigenvalue weighted by atomic mass is 28.3. The lowest BCUT2D eigenvalue weighted by Gasteiger charge is -2.37. The van der Waals surface area contributed by atoms with E-state index in [9.17, 15) is 4.79 Å². The number of hydrogen-bond donors (Lipinski definition) is 0. The van der Waals surface area contributed by atoms with Crippen LogP contribution in [0.1, 0.15) is 26.3 Å². The zero-order chi connectivity index (χ0) is 20.7. The molecule has 1 aliphatic rings. The van der Waals surface area contributed by atoms with Gasteiger partial charge in [0.25, 0.3) is 0 Å². The molecule has 28 heavy (non-hydrogen) atoms. The first-order valence-corrected chi connectivity index (χ1v) is 13.6. The summed E-state index contributed by atoms with van der Waals surface area (Å²) < 4.78 is 13.8. The van der Waals surface area contributed by atoms with Crippen molar-refractivity contribution in [1.29, 1.82) is 0 Å². The third-order valence-corrected chi connectivity index (χ3v) is 7.28. The van der Waals surface area contributed by atoms with Crippen LogP contribution < -0.4 is 5.32 Å². The van der Waals surface area contributed by atoms with Gasteiger partial charge >= 0.3 is 6.09 Å². The number of fused-ring (bicyclic) bond motifs is 1. The van der Waals surface area contributed by atoms with Crippen molar-refractivity contribution >= 4 is 30.4 Å². The molecule has 1 fully saturated rings. The molecule has 2 heterocycles. The molecule has 1 aliphatic heterocycles. The monoisotopic (exact) mass is 402 g/mol. The van der Waals surface area contributed by atoms with E-state index >= 15 is 0 Å². The van der Waals surface area contributed by atoms with Crippen LogP contribution in [0, 0.1) is 0 Å². The Bertz CT molecular complexity index is 861. The van der Waals surface area contributed by atoms with Gasteiger partial charge in [0.05, 0.1) is 27.3 Å². The van der Waals surface area contributed by atoms with Crippen LogP contribution in [0.15, 0.2) is 24.3 Å². The van der Waals surface area contributed by atoms with E-state index in [4.69, 9.17) is 9.47 Å². The Labute approximate surface area is 169 Å². The van der Waals surface area contributed by atoms with Crippen molar-refractivity contribution < 1.29 is 14.3 Å². The Morgan fingerprint density at radius 3 is 2.57 bits per heavy atom. The summed E-state index contributed by atoms with van der Waals surface area (Å²) in [5.74, 6) is 0. The third kappa shape index (κ3) is 4.28. The molecule has 5 nitrogen and oxygen atoms in total. The molecule has 1 saturated heterocycles. The first kappa shape index (κ1) is 20.9. The Balaban J connectivity index is 1.99. The van der Waals surface area contributed by atoms with E-state index in [1.165, 1.54) is 21.8 Å². The van der Waals surface area contributed by atoms with Crippen molar-refractivity contribution in [2.45, 2.75) is 58.5 Å². The molecule has 1 amide bonds. The number of benzene rings is 1. The topological polar surface area (TPSA) is 43.7 Å². The number of para-hydroxylation sites is 1. The average molecular weight is 403 g/mol. The maximum atomic E-state index is 12.8. The summed E-state index contributed by atoms with van der Waals surface area (Å²) in [5.41, 5.74) is 2.12. The molecule has 6 heteroatoms. The summed E-state index contributed by atoms with van der Waals surface area (Å²) in [7, 11) is 0.579. The summed E-state index contributed by atoms with van der Waals surface area (Å²) in [4.78, 5) is 14.7. The normalized spacial score (nSPS) is 18.5. The zero-order valence-corrected chi connectivity index (χ0v) is 19.3. The van der Waals surface area contributed by atoms with E-state index in [-0.39, 0.29) is 12.1 Å². The van der Waals surface area contributed by atoms with Gasteiger partial charge in [0.2, 0.25) is 0 Å². The lowest BCUT2D eigenvalue weighted by atomic mass is 10.0. The van der Waals surface area contributed by atoms with Gasteiger partial charge in [0.15, 0.2) is 0 Å². The van der Waals surface area contributed by atoms with Crippen LogP contribution >= 0.6 is 0 Å². The van der Waals surface area contributed by atoms with Crippen LogP contribution in [0.3, 0.4) is 0 Å². The molecule has 0 bridgehead atoms. The maximum absolute atomic E-state index is 12.8. The van der Waals surface area contributed by atoms with Crippen LogP contribution in [-0.4, -0.2) is 55.0 Å². The third-order valence-electron chi connectivity index (χ3n) is 5.22. The first-order valence-electron chi connectivity index (χ1n) is 10.1. The van der Waals surface area contributed by atoms with E-state index in [1.54, 1.807) is 0 Å². The van der Waals surface area contributed by atoms with Crippen molar-refractivity contribution in [3.05, 3.63) is 29.8 Å². The van der Waals surface area contributed by atoms with Gasteiger partial charge in [-0.05, 0) is 38.8 Å². The molecule has 1 atom stereocenters. The van der Waals surface area contributed by atoms with Crippen molar-refractivity contribution in [2.24, 2.45) is 7.05 Å². The highest BCUT2D eigenvalue weighted by Crippen LogP contribution is 2.26. The van der Waals surface area contributed by atoms with Gasteiger partial charge in [-0.3, -0.25) is 0 Å². The molecule has 1 aromatic heterocycles. The number of carbonyl (C=O) groups is 1. The number of nitrogens with zero attached hydrogens (tertiary/aromatic N) is 2. The molecule has 0 saturated carbocycles. The van der Waals surface area contributed by atoms with Crippen molar-refractivity contribution in [3.8, 4) is 0 Å². The summed E-state index contributed by atoms with van der Waals surface area (Å²) in [6.45, 7) is 14.6. The minimum absolute atomic E-state index is 0.00972. The Morgan fingerprint density at radius 1 is 1.25 bits per heavy atom. The Hall–Kier alpha value is -1.79. The highest BCUT2D eigenvalue weighted by molar-refractivity contribution is 6.88. The number of amides is 1. The SMILES string of the molecule is Cn1c([Si](C)(C)C)c(C[C@H]2COCCN2C(=O)OC(C)(C)C)c2ccccc21. The van der Waals surface area contributed by atoms with Crippen LogP contribution in [0.4, 0.5) is 4.79 Å². The van der Waals surface area contributed by atoms with Gasteiger partial charge in [-0.25, -0.2) is 4.79 Å². The second kappa shape index (κ2) is 7.56. The Kier molecular flexibility index (Phi) is 5.65. The van der Waals surface area contributed by atoms with Gasteiger partial charge in [-0.15, -0.1) is 0 Å². The molecule has 0 aliphatic carbocycles. The van der Waals surface area contributed by atoms with Gasteiger partial charge in [0.1, 0.15) is 5.60 Å². The number of rotatable bonds is 3. The molecule has 0 radical (unpaired) electrons. The Morgan fingerprint density at radius 2 is 1.93 bits per heavy atom. The molecular formula is C22H34N2O3Si. The summed E-state index contributed by atoms with van der Waals surface area (Å²) in [6, 6.07) is 8.57. The van der Waals surface area contributed by atoms with Gasteiger partial charge in [0, 0.05) is 29.8 Å². The minimum atomic E-state index is -1.59. The largest absolute Gasteiger partial charge is 0.444 e. The van der Waals surface area contributed by atoms with Crippen molar-refractivity contribution in [1.82, 2.24) is 9.47 Å². The predicted octanol–water partition coefficient (Wildman–Crippen LogP) is 3.90. The molecular weight excluding hydrogens is 368 g/mol. The summed E-state index contributed by atoms with van der Waals surface area (Å²) in [6.07, 6.45) is 0.552. The fraction of sp³-hybridized carbons (Fsp3) is 0.591. The lowest BCUT2D eigenvalue weighted by molar-refractivity contribution is -0.0318. The highest BCUT2D eigenvalue weighted by Gasteiger charge is 2.34. The van der Waals surface area contributed by atoms with E-state index < -0.39 is 13.7 Å². The van der Waals surface area contributed by atoms with E-state index in [0.29, 0.717) is 19.8 Å². The molecule has 1 aromatic carbocycles. The van der Waals surface area contributed by atoms with Crippen molar-refractivity contribution in [2.75, 3.05) is 19.8 Å². The second-order valence-corrected chi connectivity index (χ2v) is 14.7. The van der Waals surface area contributed by atoms with Crippen molar-refractivity contribution in [3.63, 3.8) is 0 Å². The van der Waals surface area contributed by atoms with Gasteiger partial charge in [-0.2, -0.15) is 0 Å². The van der Waals surface area contributed by atoms with E-state index in [1.807, 2.05) is 25.7 Å². The number of morpholine rings is 1. The summed E-state index contributed by atoms with van der Waals surface area (Å²) in [5, 5.41) is 2.74. The van der Waals surface area contributed by atoms with Crippen LogP contribution in [0.5, 0.6) is 0 Å². The lowest BCUT2D eigenvalue weighted by Crippen LogP contribution is -2.52. The fourth-order valence-electron chi connectivity index (χ4n) is 4.25. The molecule has 0 N–H and O–H groups in total. The molecule has 154 valence electrons. The van der Waals surface area contributed by atoms with E-state index in [0.717, 1.165) is 6.42 Å². The quantitative estimate of drug-likeness (QED) is 0.731. The molecule has 3 rings (SSSR count). The standard InChI is InChI=1S/C22H34N2O3Si/c1-22(2,3)27-21(25)24-12-13-26-15-16(24)14-18-17-10-8-9-11-19(17)23(4)20(18)28(5,6)7/h8-11,16H,12-15H2,1-7H3/t16-/m0/s1. The smallest absolute Gasteiger partial charge is 0.410 e. The van der Waals surface area contributed by atoms with Crippen LogP contribution in [-0.2, 0) is 22.9 Å². The average Bonchev–Trinajstić information content (AvgIpc) is 2.86. The van der Waals surface area contributed by atoms with Gasteiger partial charge in [-0.1, -0.05) is 37.8 Å². The minimum Gasteiger partial charge on any atom is -0.444 e. The van der Waals surface area contributed by atoms with Gasteiger partial charge < -0.3 is 18.9 Å². The van der Waals surface area contributed by atoms with E-state index in [2.05, 4.69) is 55.5 Å². The molecule has 0 unspecified atom stereocenters. The summed E-state index contributed by atoms with van der Waals surface area (Å²) >= 11 is 0. The maximum Gasteiger partial charge on any atom is 0.410 e. The van der Waals surface area contributed by atoms with Crippen LogP contribution in [0.25, 0.3) is 10.9 Å². The number of aromatic nitrogens is 1. The number of carbonyl (C=O) groups excluding carboxylic acids is 1. The van der Waals surface area contributed by atoms with Crippen LogP contribution in [0.2, 0.25) is 19.6 Å². The first-order chi connectivity index (χ1) is 13.0. The number of hydrogen-bond acceptors (Lipinski definition) is 3. The fourth-order valence-corrected chi connectivity index (χ4v) is 6.52. The predicted molar refractivity (Wildman–Crippen MR) is 117 cm³/mol.